The predicted molar refractivity (Wildman–Crippen MR) is 114 cm³/mol. The number of carbonyl (C=O) groups is 2. The highest BCUT2D eigenvalue weighted by Crippen LogP contribution is 2.17. The van der Waals surface area contributed by atoms with Gasteiger partial charge in [0.05, 0.1) is 13.1 Å². The quantitative estimate of drug-likeness (QED) is 0.611. The van der Waals surface area contributed by atoms with Gasteiger partial charge >= 0.3 is 0 Å². The van der Waals surface area contributed by atoms with Gasteiger partial charge in [-0.25, -0.2) is 0 Å². The summed E-state index contributed by atoms with van der Waals surface area (Å²) in [6, 6.07) is 25.8. The molecule has 3 rings (SSSR count). The highest BCUT2D eigenvalue weighted by Gasteiger charge is 2.17. The summed E-state index contributed by atoms with van der Waals surface area (Å²) in [4.78, 5) is 26.5. The first kappa shape index (κ1) is 20.4. The van der Waals surface area contributed by atoms with E-state index in [0.29, 0.717) is 17.3 Å². The van der Waals surface area contributed by atoms with Gasteiger partial charge in [-0.1, -0.05) is 60.1 Å². The molecule has 3 aromatic rings. The first-order valence-corrected chi connectivity index (χ1v) is 9.54. The van der Waals surface area contributed by atoms with Crippen molar-refractivity contribution in [2.75, 3.05) is 18.1 Å². The molecule has 0 aliphatic heterocycles. The van der Waals surface area contributed by atoms with Crippen molar-refractivity contribution in [2.24, 2.45) is 0 Å². The Labute approximate surface area is 174 Å². The Bertz CT molecular complexity index is 931. The molecule has 0 aromatic heterocycles. The minimum Gasteiger partial charge on any atom is -0.484 e. The van der Waals surface area contributed by atoms with Crippen LogP contribution in [0.2, 0.25) is 5.02 Å². The molecule has 0 unspecified atom stereocenters. The van der Waals surface area contributed by atoms with E-state index in [1.165, 1.54) is 0 Å². The van der Waals surface area contributed by atoms with Crippen molar-refractivity contribution in [2.45, 2.75) is 6.54 Å². The van der Waals surface area contributed by atoms with Crippen molar-refractivity contribution in [1.29, 1.82) is 0 Å². The molecule has 0 fully saturated rings. The number of ether oxygens (including phenoxy) is 1. The maximum Gasteiger partial charge on any atom is 0.258 e. The van der Waals surface area contributed by atoms with Crippen LogP contribution < -0.4 is 15.0 Å². The van der Waals surface area contributed by atoms with Crippen LogP contribution in [0.3, 0.4) is 0 Å². The Morgan fingerprint density at radius 2 is 1.48 bits per heavy atom. The van der Waals surface area contributed by atoms with Crippen molar-refractivity contribution in [1.82, 2.24) is 5.32 Å². The Balaban J connectivity index is 1.57. The minimum absolute atomic E-state index is 0.120. The molecule has 0 radical (unpaired) electrons. The zero-order chi connectivity index (χ0) is 20.5. The van der Waals surface area contributed by atoms with Gasteiger partial charge in [0.15, 0.2) is 6.61 Å². The number of anilines is 1. The van der Waals surface area contributed by atoms with Crippen LogP contribution in [0.15, 0.2) is 84.9 Å². The van der Waals surface area contributed by atoms with Gasteiger partial charge in [0.1, 0.15) is 5.75 Å². The Morgan fingerprint density at radius 1 is 0.862 bits per heavy atom. The normalized spacial score (nSPS) is 10.2. The number of rotatable bonds is 8. The lowest BCUT2D eigenvalue weighted by Crippen LogP contribution is -2.41. The fourth-order valence-corrected chi connectivity index (χ4v) is 2.82. The van der Waals surface area contributed by atoms with E-state index in [1.54, 1.807) is 29.2 Å². The second-order valence-corrected chi connectivity index (χ2v) is 6.76. The summed E-state index contributed by atoms with van der Waals surface area (Å²) >= 11 is 5.82. The molecule has 29 heavy (non-hydrogen) atoms. The molecule has 0 saturated carbocycles. The predicted octanol–water partition coefficient (Wildman–Crippen LogP) is 4.07. The summed E-state index contributed by atoms with van der Waals surface area (Å²) in [7, 11) is 0. The van der Waals surface area contributed by atoms with Crippen LogP contribution in [0.4, 0.5) is 5.69 Å². The van der Waals surface area contributed by atoms with Gasteiger partial charge < -0.3 is 15.0 Å². The summed E-state index contributed by atoms with van der Waals surface area (Å²) in [6.07, 6.45) is 0. The lowest BCUT2D eigenvalue weighted by atomic mass is 10.2. The van der Waals surface area contributed by atoms with Crippen molar-refractivity contribution < 1.29 is 14.3 Å². The summed E-state index contributed by atoms with van der Waals surface area (Å²) in [6.45, 7) is 0.115. The second-order valence-electron chi connectivity index (χ2n) is 6.32. The summed E-state index contributed by atoms with van der Waals surface area (Å²) < 4.78 is 5.40. The topological polar surface area (TPSA) is 58.6 Å². The second kappa shape index (κ2) is 10.3. The summed E-state index contributed by atoms with van der Waals surface area (Å²) in [5.41, 5.74) is 1.77. The molecule has 0 saturated heterocycles. The minimum atomic E-state index is -0.374. The molecule has 3 aromatic carbocycles. The fourth-order valence-electron chi connectivity index (χ4n) is 2.70. The number of hydrogen-bond acceptors (Lipinski definition) is 3. The number of hydrogen-bond donors (Lipinski definition) is 1. The van der Waals surface area contributed by atoms with Gasteiger partial charge in [-0.2, -0.15) is 0 Å². The van der Waals surface area contributed by atoms with Crippen LogP contribution in [-0.4, -0.2) is 25.0 Å². The molecule has 5 nitrogen and oxygen atoms in total. The number of para-hydroxylation sites is 1. The first-order chi connectivity index (χ1) is 14.1. The van der Waals surface area contributed by atoms with Crippen LogP contribution in [0.25, 0.3) is 0 Å². The molecule has 0 atom stereocenters. The van der Waals surface area contributed by atoms with Crippen molar-refractivity contribution in [3.05, 3.63) is 95.5 Å². The van der Waals surface area contributed by atoms with Crippen LogP contribution in [-0.2, 0) is 16.1 Å². The molecule has 6 heteroatoms. The molecule has 0 aliphatic carbocycles. The van der Waals surface area contributed by atoms with E-state index in [9.17, 15) is 9.59 Å². The first-order valence-electron chi connectivity index (χ1n) is 9.16. The van der Waals surface area contributed by atoms with Gasteiger partial charge in [-0.15, -0.1) is 0 Å². The van der Waals surface area contributed by atoms with Crippen molar-refractivity contribution in [3.8, 4) is 5.75 Å². The third-order valence-electron chi connectivity index (χ3n) is 4.17. The highest BCUT2D eigenvalue weighted by atomic mass is 35.5. The molecule has 2 amide bonds. The Kier molecular flexibility index (Phi) is 7.25. The van der Waals surface area contributed by atoms with Gasteiger partial charge in [-0.3, -0.25) is 9.59 Å². The zero-order valence-electron chi connectivity index (χ0n) is 15.8. The third-order valence-corrected chi connectivity index (χ3v) is 4.42. The van der Waals surface area contributed by atoms with E-state index in [0.717, 1.165) is 11.3 Å². The smallest absolute Gasteiger partial charge is 0.258 e. The largest absolute Gasteiger partial charge is 0.484 e. The maximum atomic E-state index is 12.8. The summed E-state index contributed by atoms with van der Waals surface area (Å²) in [5.74, 6) is -0.0493. The van der Waals surface area contributed by atoms with E-state index >= 15 is 0 Å². The van der Waals surface area contributed by atoms with E-state index in [-0.39, 0.29) is 25.0 Å². The average molecular weight is 409 g/mol. The Hall–Kier alpha value is -3.31. The van der Waals surface area contributed by atoms with Gasteiger partial charge in [0.2, 0.25) is 5.91 Å². The molecule has 0 heterocycles. The highest BCUT2D eigenvalue weighted by molar-refractivity contribution is 6.30. The van der Waals surface area contributed by atoms with Crippen molar-refractivity contribution >= 4 is 29.1 Å². The van der Waals surface area contributed by atoms with Gasteiger partial charge in [0.25, 0.3) is 5.91 Å². The molecule has 0 bridgehead atoms. The standard InChI is InChI=1S/C23H21ClN2O3/c24-19-11-13-21(14-12-19)29-17-22(27)25-15-23(28)26(20-9-5-2-6-10-20)16-18-7-3-1-4-8-18/h1-14H,15-17H2,(H,25,27). The molecular formula is C23H21ClN2O3. The molecule has 148 valence electrons. The fraction of sp³-hybridized carbons (Fsp3) is 0.130. The molecule has 0 spiro atoms. The third kappa shape index (κ3) is 6.36. The monoisotopic (exact) mass is 408 g/mol. The van der Waals surface area contributed by atoms with Crippen molar-refractivity contribution in [3.63, 3.8) is 0 Å². The van der Waals surface area contributed by atoms with Crippen LogP contribution in [0, 0.1) is 0 Å². The number of amides is 2. The Morgan fingerprint density at radius 3 is 2.14 bits per heavy atom. The number of nitrogens with one attached hydrogen (secondary N) is 1. The van der Waals surface area contributed by atoms with Gasteiger partial charge in [-0.05, 0) is 42.0 Å². The number of halogens is 1. The molecular weight excluding hydrogens is 388 g/mol. The van der Waals surface area contributed by atoms with Gasteiger partial charge in [0, 0.05) is 10.7 Å². The van der Waals surface area contributed by atoms with E-state index in [4.69, 9.17) is 16.3 Å². The van der Waals surface area contributed by atoms with Crippen LogP contribution in [0.5, 0.6) is 5.75 Å². The molecule has 1 N–H and O–H groups in total. The molecule has 0 aliphatic rings. The number of benzene rings is 3. The maximum absolute atomic E-state index is 12.8. The lowest BCUT2D eigenvalue weighted by molar-refractivity contribution is -0.126. The SMILES string of the molecule is O=C(COc1ccc(Cl)cc1)NCC(=O)N(Cc1ccccc1)c1ccccc1. The average Bonchev–Trinajstić information content (AvgIpc) is 2.76. The lowest BCUT2D eigenvalue weighted by Gasteiger charge is -2.23. The van der Waals surface area contributed by atoms with Crippen LogP contribution in [0.1, 0.15) is 5.56 Å². The van der Waals surface area contributed by atoms with E-state index in [1.807, 2.05) is 60.7 Å². The zero-order valence-corrected chi connectivity index (χ0v) is 16.5. The van der Waals surface area contributed by atoms with E-state index in [2.05, 4.69) is 5.32 Å². The van der Waals surface area contributed by atoms with Crippen LogP contribution >= 0.6 is 11.6 Å². The number of nitrogens with zero attached hydrogens (tertiary/aromatic N) is 1. The van der Waals surface area contributed by atoms with E-state index < -0.39 is 0 Å². The number of carbonyl (C=O) groups excluding carboxylic acids is 2. The summed E-state index contributed by atoms with van der Waals surface area (Å²) in [5, 5.41) is 3.21.